The Morgan fingerprint density at radius 3 is 2.81 bits per heavy atom. The van der Waals surface area contributed by atoms with E-state index in [1.54, 1.807) is 24.5 Å². The van der Waals surface area contributed by atoms with E-state index >= 15 is 0 Å². The summed E-state index contributed by atoms with van der Waals surface area (Å²) in [5.74, 6) is 0. The third kappa shape index (κ3) is 3.15. The van der Waals surface area contributed by atoms with Crippen LogP contribution in [0.15, 0.2) is 35.2 Å². The molecule has 0 N–H and O–H groups in total. The van der Waals surface area contributed by atoms with Crippen molar-refractivity contribution in [3.63, 3.8) is 0 Å². The fourth-order valence-electron chi connectivity index (χ4n) is 1.03. The molecule has 0 aliphatic rings. The summed E-state index contributed by atoms with van der Waals surface area (Å²) in [6.07, 6.45) is 3.27. The first-order chi connectivity index (χ1) is 7.74. The third-order valence-corrected chi connectivity index (χ3v) is 2.42. The lowest BCUT2D eigenvalue weighted by molar-refractivity contribution is 0.279. The smallest absolute Gasteiger partial charge is 0.317 e. The summed E-state index contributed by atoms with van der Waals surface area (Å²) in [4.78, 5) is 11.9. The van der Waals surface area contributed by atoms with Crippen molar-refractivity contribution < 1.29 is 4.74 Å². The molecule has 16 heavy (non-hydrogen) atoms. The second-order valence-electron chi connectivity index (χ2n) is 2.94. The van der Waals surface area contributed by atoms with E-state index < -0.39 is 0 Å². The predicted molar refractivity (Wildman–Crippen MR) is 63.3 cm³/mol. The predicted octanol–water partition coefficient (Wildman–Crippen LogP) is 2.87. The fraction of sp³-hybridized carbons (Fsp3) is 0.100. The summed E-state index contributed by atoms with van der Waals surface area (Å²) in [5, 5.41) is 0.461. The van der Waals surface area contributed by atoms with Gasteiger partial charge in [-0.3, -0.25) is 0 Å². The zero-order valence-corrected chi connectivity index (χ0v) is 10.4. The number of hydrogen-bond donors (Lipinski definition) is 0. The Labute approximate surface area is 106 Å². The highest BCUT2D eigenvalue weighted by Crippen LogP contribution is 2.11. The minimum Gasteiger partial charge on any atom is -0.459 e. The lowest BCUT2D eigenvalue weighted by Gasteiger charge is -2.03. The molecule has 0 aliphatic carbocycles. The third-order valence-electron chi connectivity index (χ3n) is 1.76. The molecule has 2 heterocycles. The Balaban J connectivity index is 1.99. The quantitative estimate of drug-likeness (QED) is 0.646. The van der Waals surface area contributed by atoms with Crippen LogP contribution in [0.25, 0.3) is 0 Å². The molecule has 2 aromatic heterocycles. The standard InChI is InChI=1S/C10H7BrClN3O/c11-8-3-4-13-10(15-8)16-6-7-1-2-9(12)14-5-7/h1-5H,6H2. The van der Waals surface area contributed by atoms with Gasteiger partial charge in [-0.1, -0.05) is 17.7 Å². The van der Waals surface area contributed by atoms with Crippen LogP contribution in [0.4, 0.5) is 0 Å². The molecule has 0 fully saturated rings. The van der Waals surface area contributed by atoms with E-state index in [1.165, 1.54) is 0 Å². The molecule has 82 valence electrons. The van der Waals surface area contributed by atoms with Gasteiger partial charge < -0.3 is 4.74 Å². The van der Waals surface area contributed by atoms with Gasteiger partial charge in [0, 0.05) is 18.0 Å². The first-order valence-corrected chi connectivity index (χ1v) is 5.63. The van der Waals surface area contributed by atoms with Crippen molar-refractivity contribution >= 4 is 27.5 Å². The van der Waals surface area contributed by atoms with Crippen LogP contribution in [-0.2, 0) is 6.61 Å². The zero-order valence-electron chi connectivity index (χ0n) is 8.10. The van der Waals surface area contributed by atoms with E-state index in [4.69, 9.17) is 16.3 Å². The maximum atomic E-state index is 5.67. The number of pyridine rings is 1. The van der Waals surface area contributed by atoms with Gasteiger partial charge >= 0.3 is 6.01 Å². The average Bonchev–Trinajstić information content (AvgIpc) is 2.28. The first kappa shape index (κ1) is 11.3. The van der Waals surface area contributed by atoms with E-state index in [-0.39, 0.29) is 0 Å². The summed E-state index contributed by atoms with van der Waals surface area (Å²) < 4.78 is 6.06. The van der Waals surface area contributed by atoms with Gasteiger partial charge in [0.15, 0.2) is 0 Å². The molecule has 2 aromatic rings. The molecule has 0 aromatic carbocycles. The SMILES string of the molecule is Clc1ccc(COc2nccc(Br)n2)cn1. The molecular weight excluding hydrogens is 293 g/mol. The van der Waals surface area contributed by atoms with Crippen LogP contribution in [0.1, 0.15) is 5.56 Å². The van der Waals surface area contributed by atoms with Crippen molar-refractivity contribution in [2.45, 2.75) is 6.61 Å². The van der Waals surface area contributed by atoms with E-state index in [1.807, 2.05) is 6.07 Å². The minimum absolute atomic E-state index is 0.323. The molecule has 4 nitrogen and oxygen atoms in total. The molecule has 0 saturated carbocycles. The molecule has 2 rings (SSSR count). The average molecular weight is 301 g/mol. The van der Waals surface area contributed by atoms with Crippen molar-refractivity contribution in [3.05, 3.63) is 45.9 Å². The van der Waals surface area contributed by atoms with E-state index in [0.717, 1.165) is 5.56 Å². The fourth-order valence-corrected chi connectivity index (χ4v) is 1.41. The van der Waals surface area contributed by atoms with Gasteiger partial charge in [0.25, 0.3) is 0 Å². The Kier molecular flexibility index (Phi) is 3.69. The lowest BCUT2D eigenvalue weighted by atomic mass is 10.3. The molecule has 6 heteroatoms. The van der Waals surface area contributed by atoms with E-state index in [9.17, 15) is 0 Å². The van der Waals surface area contributed by atoms with Gasteiger partial charge in [-0.15, -0.1) is 0 Å². The first-order valence-electron chi connectivity index (χ1n) is 4.46. The Hall–Kier alpha value is -1.20. The molecule has 0 spiro atoms. The lowest BCUT2D eigenvalue weighted by Crippen LogP contribution is -1.99. The second-order valence-corrected chi connectivity index (χ2v) is 4.14. The summed E-state index contributed by atoms with van der Waals surface area (Å²) in [7, 11) is 0. The number of ether oxygens (including phenoxy) is 1. The second kappa shape index (κ2) is 5.23. The van der Waals surface area contributed by atoms with E-state index in [2.05, 4.69) is 30.9 Å². The van der Waals surface area contributed by atoms with Crippen molar-refractivity contribution in [2.24, 2.45) is 0 Å². The molecule has 0 bridgehead atoms. The maximum absolute atomic E-state index is 5.67. The molecule has 0 saturated heterocycles. The van der Waals surface area contributed by atoms with Gasteiger partial charge in [0.05, 0.1) is 0 Å². The highest BCUT2D eigenvalue weighted by Gasteiger charge is 1.99. The number of halogens is 2. The Morgan fingerprint density at radius 2 is 2.12 bits per heavy atom. The largest absolute Gasteiger partial charge is 0.459 e. The van der Waals surface area contributed by atoms with Crippen molar-refractivity contribution in [1.82, 2.24) is 15.0 Å². The number of rotatable bonds is 3. The normalized spacial score (nSPS) is 10.1. The van der Waals surface area contributed by atoms with Crippen LogP contribution >= 0.6 is 27.5 Å². The van der Waals surface area contributed by atoms with Crippen LogP contribution in [0.5, 0.6) is 6.01 Å². The van der Waals surface area contributed by atoms with Crippen LogP contribution in [0.3, 0.4) is 0 Å². The van der Waals surface area contributed by atoms with E-state index in [0.29, 0.717) is 22.4 Å². The molecule has 0 unspecified atom stereocenters. The summed E-state index contributed by atoms with van der Waals surface area (Å²) in [5.41, 5.74) is 0.910. The molecule has 0 radical (unpaired) electrons. The summed E-state index contributed by atoms with van der Waals surface area (Å²) >= 11 is 8.90. The van der Waals surface area contributed by atoms with Gasteiger partial charge in [0.2, 0.25) is 0 Å². The molecule has 0 atom stereocenters. The monoisotopic (exact) mass is 299 g/mol. The van der Waals surface area contributed by atoms with Crippen LogP contribution < -0.4 is 4.74 Å². The van der Waals surface area contributed by atoms with Crippen LogP contribution in [0.2, 0.25) is 5.15 Å². The summed E-state index contributed by atoms with van der Waals surface area (Å²) in [6.45, 7) is 0.362. The van der Waals surface area contributed by atoms with Crippen molar-refractivity contribution in [3.8, 4) is 6.01 Å². The minimum atomic E-state index is 0.323. The maximum Gasteiger partial charge on any atom is 0.317 e. The van der Waals surface area contributed by atoms with Crippen LogP contribution in [-0.4, -0.2) is 15.0 Å². The number of nitrogens with zero attached hydrogens (tertiary/aromatic N) is 3. The zero-order chi connectivity index (χ0) is 11.4. The van der Waals surface area contributed by atoms with Gasteiger partial charge in [-0.2, -0.15) is 4.98 Å². The van der Waals surface area contributed by atoms with Crippen molar-refractivity contribution in [2.75, 3.05) is 0 Å². The van der Waals surface area contributed by atoms with Gasteiger partial charge in [-0.05, 0) is 28.1 Å². The van der Waals surface area contributed by atoms with Crippen LogP contribution in [0, 0.1) is 0 Å². The highest BCUT2D eigenvalue weighted by atomic mass is 79.9. The molecule has 0 aliphatic heterocycles. The molecular formula is C10H7BrClN3O. The van der Waals surface area contributed by atoms with Gasteiger partial charge in [-0.25, -0.2) is 9.97 Å². The molecule has 0 amide bonds. The number of aromatic nitrogens is 3. The number of hydrogen-bond acceptors (Lipinski definition) is 4. The Bertz CT molecular complexity index is 478. The Morgan fingerprint density at radius 1 is 1.25 bits per heavy atom. The van der Waals surface area contributed by atoms with Crippen molar-refractivity contribution in [1.29, 1.82) is 0 Å². The highest BCUT2D eigenvalue weighted by molar-refractivity contribution is 9.10. The topological polar surface area (TPSA) is 47.9 Å². The summed E-state index contributed by atoms with van der Waals surface area (Å²) in [6, 6.07) is 5.61. The van der Waals surface area contributed by atoms with Gasteiger partial charge in [0.1, 0.15) is 16.4 Å².